The summed E-state index contributed by atoms with van der Waals surface area (Å²) in [6.07, 6.45) is 0.803. The molecule has 0 atom stereocenters. The van der Waals surface area contributed by atoms with Crippen LogP contribution < -0.4 is 16.2 Å². The number of fused-ring (bicyclic) bond motifs is 1. The predicted molar refractivity (Wildman–Crippen MR) is 93.3 cm³/mol. The Kier molecular flexibility index (Phi) is 6.13. The van der Waals surface area contributed by atoms with E-state index in [2.05, 4.69) is 16.2 Å². The van der Waals surface area contributed by atoms with E-state index in [4.69, 9.17) is 17.0 Å². The van der Waals surface area contributed by atoms with E-state index >= 15 is 0 Å². The number of hydrogen-bond donors (Lipinski definition) is 4. The predicted octanol–water partition coefficient (Wildman–Crippen LogP) is 1.69. The number of hydrogen-bond acceptors (Lipinski definition) is 4. The molecule has 1 amide bonds. The van der Waals surface area contributed by atoms with E-state index in [9.17, 15) is 9.90 Å². The van der Waals surface area contributed by atoms with E-state index in [1.165, 1.54) is 0 Å². The number of carbonyl (C=O) groups is 1. The van der Waals surface area contributed by atoms with Crippen LogP contribution in [0.4, 0.5) is 0 Å². The molecule has 122 valence electrons. The van der Waals surface area contributed by atoms with Crippen molar-refractivity contribution in [2.75, 3.05) is 20.3 Å². The van der Waals surface area contributed by atoms with Gasteiger partial charge in [-0.05, 0) is 41.5 Å². The number of amides is 1. The third kappa shape index (κ3) is 4.80. The Morgan fingerprint density at radius 3 is 2.61 bits per heavy atom. The molecule has 0 radical (unpaired) electrons. The standard InChI is InChI=1S/C16H19N3O3S/c1-22-8-4-7-17-16(23)19-18-15(21)13-9-11-5-2-3-6-12(11)10-14(13)20/h2-3,5-6,9-10,20H,4,7-8H2,1H3,(H,18,21)(H2,17,19,23). The SMILES string of the molecule is COCCCNC(=S)NNC(=O)c1cc2ccccc2cc1O. The number of phenols is 1. The van der Waals surface area contributed by atoms with Crippen molar-refractivity contribution < 1.29 is 14.6 Å². The van der Waals surface area contributed by atoms with Crippen molar-refractivity contribution in [1.82, 2.24) is 16.2 Å². The Hall–Kier alpha value is -2.38. The third-order valence-corrected chi connectivity index (χ3v) is 3.46. The molecule has 2 aromatic rings. The molecule has 0 saturated heterocycles. The summed E-state index contributed by atoms with van der Waals surface area (Å²) in [6.45, 7) is 1.27. The van der Waals surface area contributed by atoms with Crippen LogP contribution in [0.15, 0.2) is 36.4 Å². The first kappa shape index (κ1) is 17.0. The molecule has 0 aliphatic heterocycles. The second-order valence-corrected chi connectivity index (χ2v) is 5.31. The average Bonchev–Trinajstić information content (AvgIpc) is 2.56. The van der Waals surface area contributed by atoms with Crippen LogP contribution in [0.3, 0.4) is 0 Å². The summed E-state index contributed by atoms with van der Waals surface area (Å²) in [5, 5.41) is 15.0. The van der Waals surface area contributed by atoms with E-state index < -0.39 is 5.91 Å². The summed E-state index contributed by atoms with van der Waals surface area (Å²) in [4.78, 5) is 12.1. The Morgan fingerprint density at radius 1 is 1.22 bits per heavy atom. The number of benzene rings is 2. The van der Waals surface area contributed by atoms with Crippen LogP contribution >= 0.6 is 12.2 Å². The van der Waals surface area contributed by atoms with Gasteiger partial charge in [-0.3, -0.25) is 15.6 Å². The molecular weight excluding hydrogens is 314 g/mol. The maximum atomic E-state index is 12.1. The summed E-state index contributed by atoms with van der Waals surface area (Å²) in [7, 11) is 1.63. The van der Waals surface area contributed by atoms with Gasteiger partial charge in [-0.15, -0.1) is 0 Å². The first-order valence-corrected chi connectivity index (χ1v) is 7.57. The fourth-order valence-electron chi connectivity index (χ4n) is 2.05. The first-order chi connectivity index (χ1) is 11.1. The molecule has 23 heavy (non-hydrogen) atoms. The fourth-order valence-corrected chi connectivity index (χ4v) is 2.21. The minimum absolute atomic E-state index is 0.0815. The molecule has 0 aliphatic rings. The first-order valence-electron chi connectivity index (χ1n) is 7.16. The molecule has 0 unspecified atom stereocenters. The van der Waals surface area contributed by atoms with Gasteiger partial charge in [0.2, 0.25) is 0 Å². The van der Waals surface area contributed by atoms with Crippen LogP contribution in [0, 0.1) is 0 Å². The topological polar surface area (TPSA) is 82.6 Å². The summed E-state index contributed by atoms with van der Waals surface area (Å²) >= 11 is 5.04. The highest BCUT2D eigenvalue weighted by Gasteiger charge is 2.12. The highest BCUT2D eigenvalue weighted by molar-refractivity contribution is 7.80. The van der Waals surface area contributed by atoms with Gasteiger partial charge in [-0.2, -0.15) is 0 Å². The molecular formula is C16H19N3O3S. The molecule has 0 spiro atoms. The van der Waals surface area contributed by atoms with Gasteiger partial charge in [0, 0.05) is 20.3 Å². The number of carbonyl (C=O) groups excluding carboxylic acids is 1. The molecule has 4 N–H and O–H groups in total. The molecule has 0 heterocycles. The number of aromatic hydroxyl groups is 1. The van der Waals surface area contributed by atoms with Gasteiger partial charge in [0.15, 0.2) is 5.11 Å². The Balaban J connectivity index is 1.93. The highest BCUT2D eigenvalue weighted by Crippen LogP contribution is 2.24. The lowest BCUT2D eigenvalue weighted by Crippen LogP contribution is -2.47. The fraction of sp³-hybridized carbons (Fsp3) is 0.250. The van der Waals surface area contributed by atoms with Crippen LogP contribution in [-0.2, 0) is 4.74 Å². The van der Waals surface area contributed by atoms with Gasteiger partial charge in [-0.25, -0.2) is 0 Å². The normalized spacial score (nSPS) is 10.3. The number of ether oxygens (including phenoxy) is 1. The van der Waals surface area contributed by atoms with E-state index in [0.29, 0.717) is 18.3 Å². The van der Waals surface area contributed by atoms with Crippen LogP contribution in [0.5, 0.6) is 5.75 Å². The number of methoxy groups -OCH3 is 1. The zero-order valence-electron chi connectivity index (χ0n) is 12.8. The summed E-state index contributed by atoms with van der Waals surface area (Å²) < 4.78 is 4.93. The number of rotatable bonds is 5. The van der Waals surface area contributed by atoms with Crippen molar-refractivity contribution in [2.24, 2.45) is 0 Å². The van der Waals surface area contributed by atoms with Crippen LogP contribution in [0.1, 0.15) is 16.8 Å². The Bertz CT molecular complexity index is 706. The Morgan fingerprint density at radius 2 is 1.91 bits per heavy atom. The molecule has 6 nitrogen and oxygen atoms in total. The molecule has 0 fully saturated rings. The minimum Gasteiger partial charge on any atom is -0.507 e. The van der Waals surface area contributed by atoms with Gasteiger partial charge in [0.25, 0.3) is 5.91 Å². The smallest absolute Gasteiger partial charge is 0.273 e. The molecule has 0 aromatic heterocycles. The van der Waals surface area contributed by atoms with Gasteiger partial charge >= 0.3 is 0 Å². The largest absolute Gasteiger partial charge is 0.507 e. The zero-order chi connectivity index (χ0) is 16.7. The second-order valence-electron chi connectivity index (χ2n) is 4.90. The van der Waals surface area contributed by atoms with E-state index in [1.807, 2.05) is 24.3 Å². The third-order valence-electron chi connectivity index (χ3n) is 3.21. The number of phenolic OH excluding ortho intramolecular Hbond substituents is 1. The number of thiocarbonyl (C=S) groups is 1. The average molecular weight is 333 g/mol. The maximum absolute atomic E-state index is 12.1. The van der Waals surface area contributed by atoms with Crippen molar-refractivity contribution in [3.63, 3.8) is 0 Å². The van der Waals surface area contributed by atoms with E-state index in [-0.39, 0.29) is 11.3 Å². The summed E-state index contributed by atoms with van der Waals surface area (Å²) in [6, 6.07) is 10.7. The molecule has 0 bridgehead atoms. The van der Waals surface area contributed by atoms with Crippen LogP contribution in [-0.4, -0.2) is 36.4 Å². The lowest BCUT2D eigenvalue weighted by atomic mass is 10.1. The minimum atomic E-state index is -0.464. The van der Waals surface area contributed by atoms with Gasteiger partial charge in [-0.1, -0.05) is 24.3 Å². The summed E-state index contributed by atoms with van der Waals surface area (Å²) in [5.74, 6) is -0.545. The second kappa shape index (κ2) is 8.30. The molecule has 0 aliphatic carbocycles. The molecule has 0 saturated carbocycles. The van der Waals surface area contributed by atoms with E-state index in [0.717, 1.165) is 17.2 Å². The van der Waals surface area contributed by atoms with Crippen LogP contribution in [0.2, 0.25) is 0 Å². The summed E-state index contributed by atoms with van der Waals surface area (Å²) in [5.41, 5.74) is 5.24. The zero-order valence-corrected chi connectivity index (χ0v) is 13.6. The maximum Gasteiger partial charge on any atom is 0.273 e. The molecule has 2 aromatic carbocycles. The highest BCUT2D eigenvalue weighted by atomic mass is 32.1. The van der Waals surface area contributed by atoms with Gasteiger partial charge in [0.05, 0.1) is 5.56 Å². The van der Waals surface area contributed by atoms with Crippen LogP contribution in [0.25, 0.3) is 10.8 Å². The van der Waals surface area contributed by atoms with E-state index in [1.54, 1.807) is 19.2 Å². The quantitative estimate of drug-likeness (QED) is 0.379. The van der Waals surface area contributed by atoms with Gasteiger partial charge < -0.3 is 15.2 Å². The van der Waals surface area contributed by atoms with Crippen molar-refractivity contribution in [3.8, 4) is 5.75 Å². The molecule has 7 heteroatoms. The lowest BCUT2D eigenvalue weighted by Gasteiger charge is -2.12. The van der Waals surface area contributed by atoms with Crippen molar-refractivity contribution in [2.45, 2.75) is 6.42 Å². The Labute approximate surface area is 139 Å². The monoisotopic (exact) mass is 333 g/mol. The number of nitrogens with one attached hydrogen (secondary N) is 3. The van der Waals surface area contributed by atoms with Crippen molar-refractivity contribution >= 4 is 34.0 Å². The number of hydrazine groups is 1. The molecule has 2 rings (SSSR count). The van der Waals surface area contributed by atoms with Crippen molar-refractivity contribution in [1.29, 1.82) is 0 Å². The lowest BCUT2D eigenvalue weighted by molar-refractivity contribution is 0.0941. The van der Waals surface area contributed by atoms with Gasteiger partial charge in [0.1, 0.15) is 5.75 Å². The van der Waals surface area contributed by atoms with Crippen molar-refractivity contribution in [3.05, 3.63) is 42.0 Å².